The quantitative estimate of drug-likeness (QED) is 0.604. The van der Waals surface area contributed by atoms with Gasteiger partial charge < -0.3 is 19.6 Å². The highest BCUT2D eigenvalue weighted by molar-refractivity contribution is 6.04. The van der Waals surface area contributed by atoms with Crippen molar-refractivity contribution in [2.24, 2.45) is 5.92 Å². The van der Waals surface area contributed by atoms with Gasteiger partial charge in [-0.3, -0.25) is 4.79 Å². The number of aryl methyl sites for hydroxylation is 1. The average molecular weight is 379 g/mol. The van der Waals surface area contributed by atoms with Gasteiger partial charge in [0, 0.05) is 16.8 Å². The van der Waals surface area contributed by atoms with Crippen molar-refractivity contribution < 1.29 is 19.1 Å². The van der Waals surface area contributed by atoms with Gasteiger partial charge in [0.2, 0.25) is 0 Å². The van der Waals surface area contributed by atoms with E-state index in [0.717, 1.165) is 11.1 Å². The minimum atomic E-state index is -0.192. The molecule has 2 aromatic carbocycles. The summed E-state index contributed by atoms with van der Waals surface area (Å²) in [5.41, 5.74) is 3.13. The zero-order chi connectivity index (χ0) is 20.1. The molecule has 146 valence electrons. The molecular weight excluding hydrogens is 354 g/mol. The van der Waals surface area contributed by atoms with Gasteiger partial charge in [-0.15, -0.1) is 0 Å². The predicted molar refractivity (Wildman–Crippen MR) is 110 cm³/mol. The number of hydrogen-bond donors (Lipinski definition) is 2. The van der Waals surface area contributed by atoms with E-state index in [0.29, 0.717) is 41.0 Å². The summed E-state index contributed by atoms with van der Waals surface area (Å²) in [4.78, 5) is 12.6. The number of rotatable bonds is 7. The lowest BCUT2D eigenvalue weighted by molar-refractivity contribution is 0.102. The fourth-order valence-electron chi connectivity index (χ4n) is 2.82. The molecule has 0 radical (unpaired) electrons. The number of carbonyl (C=O) groups excluding carboxylic acids is 1. The van der Waals surface area contributed by atoms with E-state index in [2.05, 4.69) is 19.2 Å². The van der Waals surface area contributed by atoms with E-state index in [1.807, 2.05) is 43.3 Å². The molecule has 3 rings (SSSR count). The first kappa shape index (κ1) is 19.7. The van der Waals surface area contributed by atoms with Gasteiger partial charge in [0.15, 0.2) is 0 Å². The number of hydrogen-bond acceptors (Lipinski definition) is 4. The number of benzene rings is 2. The Morgan fingerprint density at radius 2 is 1.96 bits per heavy atom. The van der Waals surface area contributed by atoms with E-state index >= 15 is 0 Å². The van der Waals surface area contributed by atoms with Gasteiger partial charge in [0.1, 0.15) is 23.9 Å². The molecular formula is C23H25NO4. The first-order valence-electron chi connectivity index (χ1n) is 9.31. The summed E-state index contributed by atoms with van der Waals surface area (Å²) in [6.07, 6.45) is 0. The van der Waals surface area contributed by atoms with Crippen molar-refractivity contribution in [1.29, 1.82) is 0 Å². The van der Waals surface area contributed by atoms with Crippen LogP contribution in [-0.4, -0.2) is 17.6 Å². The second kappa shape index (κ2) is 8.76. The second-order valence-electron chi connectivity index (χ2n) is 7.14. The second-order valence-corrected chi connectivity index (χ2v) is 7.14. The number of ether oxygens (including phenoxy) is 1. The lowest BCUT2D eigenvalue weighted by Crippen LogP contribution is -2.12. The van der Waals surface area contributed by atoms with Crippen LogP contribution in [0.4, 0.5) is 5.69 Å². The van der Waals surface area contributed by atoms with Crippen LogP contribution in [0.5, 0.6) is 5.75 Å². The molecule has 28 heavy (non-hydrogen) atoms. The Hall–Kier alpha value is -3.05. The van der Waals surface area contributed by atoms with Crippen LogP contribution in [0.3, 0.4) is 0 Å². The van der Waals surface area contributed by atoms with E-state index in [-0.39, 0.29) is 12.5 Å². The van der Waals surface area contributed by atoms with Crippen molar-refractivity contribution in [3.63, 3.8) is 0 Å². The Labute approximate surface area is 165 Å². The van der Waals surface area contributed by atoms with Crippen molar-refractivity contribution in [1.82, 2.24) is 0 Å². The van der Waals surface area contributed by atoms with Gasteiger partial charge in [0.05, 0.1) is 6.61 Å². The number of amides is 1. The molecule has 0 spiro atoms. The number of anilines is 1. The molecule has 5 nitrogen and oxygen atoms in total. The summed E-state index contributed by atoms with van der Waals surface area (Å²) in [5.74, 6) is 2.12. The lowest BCUT2D eigenvalue weighted by Gasteiger charge is -2.11. The molecule has 0 saturated heterocycles. The number of aliphatic hydroxyl groups is 1. The molecule has 2 N–H and O–H groups in total. The highest BCUT2D eigenvalue weighted by Crippen LogP contribution is 2.28. The summed E-state index contributed by atoms with van der Waals surface area (Å²) < 4.78 is 11.3. The largest absolute Gasteiger partial charge is 0.493 e. The summed E-state index contributed by atoms with van der Waals surface area (Å²) in [6, 6.07) is 16.4. The molecule has 0 aliphatic carbocycles. The molecule has 0 aliphatic rings. The minimum Gasteiger partial charge on any atom is -0.493 e. The van der Waals surface area contributed by atoms with Crippen LogP contribution in [-0.2, 0) is 6.61 Å². The maximum atomic E-state index is 12.6. The van der Waals surface area contributed by atoms with E-state index in [1.165, 1.54) is 0 Å². The SMILES string of the molecule is Cc1cc(NC(=O)c2cccc(OCC(C)C)c2)ccc1-c1ccc(CO)o1. The molecule has 0 aliphatic heterocycles. The molecule has 0 fully saturated rings. The molecule has 0 bridgehead atoms. The fraction of sp³-hybridized carbons (Fsp3) is 0.261. The van der Waals surface area contributed by atoms with Gasteiger partial charge in [0.25, 0.3) is 5.91 Å². The smallest absolute Gasteiger partial charge is 0.255 e. The van der Waals surface area contributed by atoms with Crippen molar-refractivity contribution in [3.8, 4) is 17.1 Å². The maximum absolute atomic E-state index is 12.6. The van der Waals surface area contributed by atoms with Crippen LogP contribution < -0.4 is 10.1 Å². The van der Waals surface area contributed by atoms with E-state index < -0.39 is 0 Å². The first-order chi connectivity index (χ1) is 13.5. The number of furan rings is 1. The molecule has 1 aromatic heterocycles. The Balaban J connectivity index is 1.72. The summed E-state index contributed by atoms with van der Waals surface area (Å²) >= 11 is 0. The Kier molecular flexibility index (Phi) is 6.16. The van der Waals surface area contributed by atoms with Gasteiger partial charge >= 0.3 is 0 Å². The van der Waals surface area contributed by atoms with Gasteiger partial charge in [-0.25, -0.2) is 0 Å². The molecule has 0 atom stereocenters. The minimum absolute atomic E-state index is 0.132. The first-order valence-corrected chi connectivity index (χ1v) is 9.31. The summed E-state index contributed by atoms with van der Waals surface area (Å²) in [5, 5.41) is 12.1. The number of aliphatic hydroxyl groups excluding tert-OH is 1. The number of carbonyl (C=O) groups is 1. The van der Waals surface area contributed by atoms with E-state index in [4.69, 9.17) is 14.3 Å². The van der Waals surface area contributed by atoms with Crippen molar-refractivity contribution in [2.45, 2.75) is 27.4 Å². The third kappa shape index (κ3) is 4.81. The number of nitrogens with one attached hydrogen (secondary N) is 1. The standard InChI is InChI=1S/C23H25NO4/c1-15(2)14-27-19-6-4-5-17(12-19)23(26)24-18-7-9-21(16(3)11-18)22-10-8-20(13-25)28-22/h4-12,15,25H,13-14H2,1-3H3,(H,24,26). The van der Waals surface area contributed by atoms with Crippen molar-refractivity contribution in [2.75, 3.05) is 11.9 Å². The van der Waals surface area contributed by atoms with Crippen LogP contribution in [0.1, 0.15) is 35.5 Å². The third-order valence-electron chi connectivity index (χ3n) is 4.25. The molecule has 0 unspecified atom stereocenters. The molecule has 5 heteroatoms. The molecule has 0 saturated carbocycles. The zero-order valence-corrected chi connectivity index (χ0v) is 16.4. The fourth-order valence-corrected chi connectivity index (χ4v) is 2.82. The van der Waals surface area contributed by atoms with Crippen LogP contribution in [0, 0.1) is 12.8 Å². The molecule has 3 aromatic rings. The van der Waals surface area contributed by atoms with E-state index in [1.54, 1.807) is 18.2 Å². The summed E-state index contributed by atoms with van der Waals surface area (Å²) in [6.45, 7) is 6.59. The Morgan fingerprint density at radius 1 is 1.14 bits per heavy atom. The normalized spacial score (nSPS) is 10.9. The molecule has 1 amide bonds. The highest BCUT2D eigenvalue weighted by atomic mass is 16.5. The van der Waals surface area contributed by atoms with Crippen LogP contribution >= 0.6 is 0 Å². The Morgan fingerprint density at radius 3 is 2.64 bits per heavy atom. The van der Waals surface area contributed by atoms with Crippen LogP contribution in [0.25, 0.3) is 11.3 Å². The predicted octanol–water partition coefficient (Wildman–Crippen LogP) is 5.03. The lowest BCUT2D eigenvalue weighted by atomic mass is 10.1. The van der Waals surface area contributed by atoms with Gasteiger partial charge in [-0.05, 0) is 66.9 Å². The van der Waals surface area contributed by atoms with Crippen LogP contribution in [0.15, 0.2) is 59.0 Å². The van der Waals surface area contributed by atoms with Gasteiger partial charge in [-0.1, -0.05) is 19.9 Å². The van der Waals surface area contributed by atoms with Crippen LogP contribution in [0.2, 0.25) is 0 Å². The Bertz CT molecular complexity index is 959. The zero-order valence-electron chi connectivity index (χ0n) is 16.4. The average Bonchev–Trinajstić information content (AvgIpc) is 3.15. The van der Waals surface area contributed by atoms with Gasteiger partial charge in [-0.2, -0.15) is 0 Å². The topological polar surface area (TPSA) is 71.7 Å². The van der Waals surface area contributed by atoms with Crippen molar-refractivity contribution >= 4 is 11.6 Å². The molecule has 1 heterocycles. The van der Waals surface area contributed by atoms with E-state index in [9.17, 15) is 4.79 Å². The third-order valence-corrected chi connectivity index (χ3v) is 4.25. The summed E-state index contributed by atoms with van der Waals surface area (Å²) in [7, 11) is 0. The highest BCUT2D eigenvalue weighted by Gasteiger charge is 2.11. The van der Waals surface area contributed by atoms with Crippen molar-refractivity contribution in [3.05, 3.63) is 71.5 Å². The maximum Gasteiger partial charge on any atom is 0.255 e. The monoisotopic (exact) mass is 379 g/mol.